The van der Waals surface area contributed by atoms with E-state index in [1.165, 1.54) is 0 Å². The minimum Gasteiger partial charge on any atom is -0.597 e. The van der Waals surface area contributed by atoms with Crippen molar-refractivity contribution in [3.05, 3.63) is 5.21 Å². The zero-order valence-electron chi connectivity index (χ0n) is 5.67. The van der Waals surface area contributed by atoms with Gasteiger partial charge in [0.2, 0.25) is 0 Å². The largest absolute Gasteiger partial charge is 0.597 e. The molecule has 0 saturated carbocycles. The molecular weight excluding hydrogens is 154 g/mol. The third-order valence-electron chi connectivity index (χ3n) is 1.05. The molecule has 0 spiro atoms. The molecule has 0 rings (SSSR count). The van der Waals surface area contributed by atoms with Crippen molar-refractivity contribution in [2.24, 2.45) is 11.0 Å². The summed E-state index contributed by atoms with van der Waals surface area (Å²) >= 11 is 0. The van der Waals surface area contributed by atoms with Gasteiger partial charge in [0.25, 0.3) is 0 Å². The average molecular weight is 163 g/mol. The van der Waals surface area contributed by atoms with Crippen LogP contribution in [0.15, 0.2) is 5.28 Å². The van der Waals surface area contributed by atoms with Gasteiger partial charge in [0.15, 0.2) is 11.8 Å². The molecule has 0 radical (unpaired) electrons. The number of aliphatic carboxylic acids is 1. The van der Waals surface area contributed by atoms with Crippen molar-refractivity contribution in [2.75, 3.05) is 6.54 Å². The van der Waals surface area contributed by atoms with Crippen LogP contribution in [0, 0.1) is 5.21 Å². The molecule has 0 amide bonds. The van der Waals surface area contributed by atoms with Gasteiger partial charge in [0, 0.05) is 6.42 Å². The van der Waals surface area contributed by atoms with Crippen LogP contribution in [0.4, 0.5) is 0 Å². The normalized spacial score (nSPS) is 14.5. The highest BCUT2D eigenvalue weighted by Gasteiger charge is 2.13. The monoisotopic (exact) mass is 163 g/mol. The quantitative estimate of drug-likeness (QED) is 0.283. The molecule has 1 atom stereocenters. The van der Waals surface area contributed by atoms with Crippen LogP contribution >= 0.6 is 0 Å². The summed E-state index contributed by atoms with van der Waals surface area (Å²) in [6.07, 6.45) is -0.0527. The van der Waals surface area contributed by atoms with E-state index >= 15 is 0 Å². The molecule has 7 nitrogen and oxygen atoms in total. The molecular formula is C4H9N3O4. The minimum atomic E-state index is -1.18. The van der Waals surface area contributed by atoms with Crippen molar-refractivity contribution < 1.29 is 20.0 Å². The number of nitrogens with two attached hydrogens (primary N) is 1. The second-order valence-electron chi connectivity index (χ2n) is 1.90. The number of nitrogens with zero attached hydrogens (tertiary/aromatic N) is 2. The lowest BCUT2D eigenvalue weighted by molar-refractivity contribution is -0.556. The first-order valence-corrected chi connectivity index (χ1v) is 2.86. The Hall–Kier alpha value is -1.37. The zero-order valence-corrected chi connectivity index (χ0v) is 5.67. The number of carboxylic acid groups (broad SMARTS) is 1. The maximum Gasteiger partial charge on any atom is 0.320 e. The fourth-order valence-electron chi connectivity index (χ4n) is 0.418. The van der Waals surface area contributed by atoms with Crippen LogP contribution in [-0.2, 0) is 4.79 Å². The van der Waals surface area contributed by atoms with Crippen LogP contribution in [0.3, 0.4) is 0 Å². The Morgan fingerprint density at radius 2 is 2.36 bits per heavy atom. The van der Waals surface area contributed by atoms with E-state index in [0.717, 1.165) is 0 Å². The Morgan fingerprint density at radius 1 is 1.82 bits per heavy atom. The van der Waals surface area contributed by atoms with Crippen LogP contribution in [-0.4, -0.2) is 33.7 Å². The fourth-order valence-corrected chi connectivity index (χ4v) is 0.418. The van der Waals surface area contributed by atoms with Gasteiger partial charge in [0.1, 0.15) is 6.04 Å². The standard InChI is InChI=1S/C4H9N3O4/c5-3(4(8)9)1-2-7(11)6-10/h3,10H,1-2,5H2,(H,8,9)/b7-6-/t3-/m1/s1. The van der Waals surface area contributed by atoms with Crippen molar-refractivity contribution in [1.29, 1.82) is 0 Å². The zero-order chi connectivity index (χ0) is 8.85. The Labute approximate surface area is 62.3 Å². The van der Waals surface area contributed by atoms with Gasteiger partial charge in [-0.3, -0.25) is 4.79 Å². The SMILES string of the molecule is N[C@H](CC/[N+]([O-])=N/O)C(=O)O. The highest BCUT2D eigenvalue weighted by molar-refractivity contribution is 5.72. The Morgan fingerprint density at radius 3 is 2.73 bits per heavy atom. The lowest BCUT2D eigenvalue weighted by Gasteiger charge is -2.02. The van der Waals surface area contributed by atoms with E-state index in [4.69, 9.17) is 16.0 Å². The first kappa shape index (κ1) is 9.63. The van der Waals surface area contributed by atoms with Crippen molar-refractivity contribution in [3.8, 4) is 0 Å². The predicted molar refractivity (Wildman–Crippen MR) is 32.9 cm³/mol. The van der Waals surface area contributed by atoms with E-state index in [-0.39, 0.29) is 17.8 Å². The molecule has 11 heavy (non-hydrogen) atoms. The van der Waals surface area contributed by atoms with Gasteiger partial charge >= 0.3 is 5.97 Å². The summed E-state index contributed by atoms with van der Waals surface area (Å²) in [5.74, 6) is -1.18. The third-order valence-corrected chi connectivity index (χ3v) is 1.05. The van der Waals surface area contributed by atoms with Gasteiger partial charge in [-0.1, -0.05) is 4.86 Å². The summed E-state index contributed by atoms with van der Waals surface area (Å²) in [5, 5.41) is 28.5. The summed E-state index contributed by atoms with van der Waals surface area (Å²) in [7, 11) is 0. The smallest absolute Gasteiger partial charge is 0.320 e. The molecule has 7 heteroatoms. The lowest BCUT2D eigenvalue weighted by atomic mass is 10.2. The van der Waals surface area contributed by atoms with Crippen LogP contribution < -0.4 is 5.73 Å². The van der Waals surface area contributed by atoms with E-state index in [1.54, 1.807) is 0 Å². The molecule has 64 valence electrons. The van der Waals surface area contributed by atoms with Crippen molar-refractivity contribution >= 4 is 5.97 Å². The summed E-state index contributed by atoms with van der Waals surface area (Å²) in [6, 6.07) is -1.09. The summed E-state index contributed by atoms with van der Waals surface area (Å²) < 4.78 is 0. The lowest BCUT2D eigenvalue weighted by Crippen LogP contribution is -2.32. The molecule has 0 aromatic heterocycles. The van der Waals surface area contributed by atoms with Gasteiger partial charge in [-0.15, -0.1) is 0 Å². The topological polar surface area (TPSA) is 122 Å². The second kappa shape index (κ2) is 4.45. The average Bonchev–Trinajstić information content (AvgIpc) is 1.99. The van der Waals surface area contributed by atoms with E-state index in [9.17, 15) is 10.0 Å². The summed E-state index contributed by atoms with van der Waals surface area (Å²) in [6.45, 7) is -0.232. The first-order chi connectivity index (χ1) is 5.07. The molecule has 0 bridgehead atoms. The molecule has 0 fully saturated rings. The molecule has 0 saturated heterocycles. The van der Waals surface area contributed by atoms with Crippen molar-refractivity contribution in [2.45, 2.75) is 12.5 Å². The Kier molecular flexibility index (Phi) is 3.89. The second-order valence-corrected chi connectivity index (χ2v) is 1.90. The number of hydrogen-bond donors (Lipinski definition) is 3. The number of carbonyl (C=O) groups is 1. The van der Waals surface area contributed by atoms with E-state index in [1.807, 2.05) is 0 Å². The minimum absolute atomic E-state index is 0.0389. The Balaban J connectivity index is 3.62. The van der Waals surface area contributed by atoms with Gasteiger partial charge < -0.3 is 21.3 Å². The van der Waals surface area contributed by atoms with Crippen LogP contribution in [0.25, 0.3) is 0 Å². The molecule has 0 aliphatic carbocycles. The predicted octanol–water partition coefficient (Wildman–Crippen LogP) is -0.860. The number of hydroxylamine groups is 1. The van der Waals surface area contributed by atoms with Crippen LogP contribution in [0.2, 0.25) is 0 Å². The van der Waals surface area contributed by atoms with Gasteiger partial charge in [-0.05, 0) is 0 Å². The van der Waals surface area contributed by atoms with Crippen LogP contribution in [0.5, 0.6) is 0 Å². The molecule has 0 aliphatic rings. The fraction of sp³-hybridized carbons (Fsp3) is 0.750. The molecule has 0 heterocycles. The molecule has 0 aromatic rings. The maximum absolute atomic E-state index is 10.2. The van der Waals surface area contributed by atoms with E-state index in [0.29, 0.717) is 0 Å². The number of carboxylic acids is 1. The Bertz CT molecular complexity index is 169. The summed E-state index contributed by atoms with van der Waals surface area (Å²) in [4.78, 5) is 10.0. The van der Waals surface area contributed by atoms with Crippen molar-refractivity contribution in [3.63, 3.8) is 0 Å². The number of hydrogen-bond acceptors (Lipinski definition) is 4. The van der Waals surface area contributed by atoms with Crippen molar-refractivity contribution in [1.82, 2.24) is 0 Å². The molecule has 0 aliphatic heterocycles. The van der Waals surface area contributed by atoms with Gasteiger partial charge in [-0.2, -0.15) is 0 Å². The first-order valence-electron chi connectivity index (χ1n) is 2.86. The third kappa shape index (κ3) is 4.09. The number of rotatable bonds is 4. The van der Waals surface area contributed by atoms with Gasteiger partial charge in [0.05, 0.1) is 0 Å². The molecule has 4 N–H and O–H groups in total. The molecule has 0 unspecified atom stereocenters. The van der Waals surface area contributed by atoms with Crippen LogP contribution in [0.1, 0.15) is 6.42 Å². The highest BCUT2D eigenvalue weighted by Crippen LogP contribution is 1.88. The summed E-state index contributed by atoms with van der Waals surface area (Å²) in [5.41, 5.74) is 5.03. The maximum atomic E-state index is 10.2. The highest BCUT2D eigenvalue weighted by atomic mass is 16.6. The van der Waals surface area contributed by atoms with E-state index in [2.05, 4.69) is 5.28 Å². The van der Waals surface area contributed by atoms with Gasteiger partial charge in [-0.25, -0.2) is 0 Å². The molecule has 0 aromatic carbocycles. The van der Waals surface area contributed by atoms with E-state index < -0.39 is 12.0 Å².